The van der Waals surface area contributed by atoms with Gasteiger partial charge in [-0.05, 0) is 24.3 Å². The number of rotatable bonds is 2. The molecule has 1 aliphatic heterocycles. The summed E-state index contributed by atoms with van der Waals surface area (Å²) in [4.78, 5) is 16.3. The average molecular weight is 290 g/mol. The summed E-state index contributed by atoms with van der Waals surface area (Å²) in [5.74, 6) is 0.697. The summed E-state index contributed by atoms with van der Waals surface area (Å²) < 4.78 is 5.57. The highest BCUT2D eigenvalue weighted by atomic mass is 35.5. The monoisotopic (exact) mass is 289 g/mol. The molecule has 0 saturated heterocycles. The fraction of sp³-hybridized carbons (Fsp3) is 0.143. The third-order valence-electron chi connectivity index (χ3n) is 2.88. The minimum Gasteiger partial charge on any atom is -0.489 e. The maximum absolute atomic E-state index is 12.3. The number of fused-ring (bicyclic) bond motifs is 1. The number of hydrogen-bond acceptors (Lipinski definition) is 4. The number of amides is 1. The molecule has 1 aromatic carbocycles. The van der Waals surface area contributed by atoms with Crippen molar-refractivity contribution in [2.45, 2.75) is 0 Å². The molecule has 2 heterocycles. The van der Waals surface area contributed by atoms with Gasteiger partial charge in [-0.1, -0.05) is 23.7 Å². The van der Waals surface area contributed by atoms with Crippen molar-refractivity contribution in [1.29, 1.82) is 0 Å². The van der Waals surface area contributed by atoms with Crippen molar-refractivity contribution >= 4 is 29.0 Å². The van der Waals surface area contributed by atoms with Gasteiger partial charge in [-0.15, -0.1) is 0 Å². The lowest BCUT2D eigenvalue weighted by molar-refractivity contribution is 0.102. The molecule has 0 aliphatic carbocycles. The van der Waals surface area contributed by atoms with E-state index >= 15 is 0 Å². The van der Waals surface area contributed by atoms with E-state index in [2.05, 4.69) is 15.6 Å². The lowest BCUT2D eigenvalue weighted by Crippen LogP contribution is -2.22. The summed E-state index contributed by atoms with van der Waals surface area (Å²) in [5.41, 5.74) is 1.29. The first-order valence-corrected chi connectivity index (χ1v) is 6.55. The van der Waals surface area contributed by atoms with Crippen LogP contribution in [0.3, 0.4) is 0 Å². The van der Waals surface area contributed by atoms with Gasteiger partial charge in [-0.25, -0.2) is 4.98 Å². The van der Waals surface area contributed by atoms with Gasteiger partial charge < -0.3 is 15.4 Å². The zero-order chi connectivity index (χ0) is 13.9. The van der Waals surface area contributed by atoms with E-state index < -0.39 is 0 Å². The van der Waals surface area contributed by atoms with E-state index in [0.717, 1.165) is 12.2 Å². The number of pyridine rings is 1. The molecular weight excluding hydrogens is 278 g/mol. The first kappa shape index (κ1) is 12.7. The molecule has 2 aromatic rings. The Kier molecular flexibility index (Phi) is 3.43. The molecule has 6 heteroatoms. The molecule has 1 aromatic heterocycles. The third-order valence-corrected chi connectivity index (χ3v) is 3.09. The van der Waals surface area contributed by atoms with E-state index in [9.17, 15) is 4.79 Å². The number of nitrogens with one attached hydrogen (secondary N) is 2. The van der Waals surface area contributed by atoms with Gasteiger partial charge in [-0.2, -0.15) is 0 Å². The zero-order valence-corrected chi connectivity index (χ0v) is 11.3. The Balaban J connectivity index is 1.88. The first-order valence-electron chi connectivity index (χ1n) is 6.17. The predicted molar refractivity (Wildman–Crippen MR) is 77.6 cm³/mol. The molecule has 0 bridgehead atoms. The quantitative estimate of drug-likeness (QED) is 0.835. The number of anilines is 2. The largest absolute Gasteiger partial charge is 0.489 e. The van der Waals surface area contributed by atoms with Crippen LogP contribution in [0.1, 0.15) is 10.4 Å². The molecule has 5 nitrogen and oxygen atoms in total. The minimum atomic E-state index is -0.277. The molecule has 1 amide bonds. The topological polar surface area (TPSA) is 63.2 Å². The molecule has 0 radical (unpaired) electrons. The Morgan fingerprint density at radius 1 is 1.30 bits per heavy atom. The van der Waals surface area contributed by atoms with Gasteiger partial charge in [0.25, 0.3) is 5.91 Å². The molecule has 1 aliphatic rings. The molecule has 0 unspecified atom stereocenters. The summed E-state index contributed by atoms with van der Waals surface area (Å²) in [7, 11) is 0. The van der Waals surface area contributed by atoms with Crippen LogP contribution in [0.4, 0.5) is 11.5 Å². The van der Waals surface area contributed by atoms with Crippen molar-refractivity contribution in [1.82, 2.24) is 4.98 Å². The van der Waals surface area contributed by atoms with Crippen LogP contribution >= 0.6 is 11.6 Å². The maximum Gasteiger partial charge on any atom is 0.260 e. The number of carbonyl (C=O) groups excluding carboxylic acids is 1. The molecule has 0 saturated carbocycles. The Labute approximate surface area is 120 Å². The number of hydrogen-bond donors (Lipinski definition) is 2. The second-order valence-corrected chi connectivity index (χ2v) is 4.64. The Bertz CT molecular complexity index is 661. The van der Waals surface area contributed by atoms with Gasteiger partial charge in [0.15, 0.2) is 5.75 Å². The lowest BCUT2D eigenvalue weighted by Gasteiger charge is -2.21. The summed E-state index contributed by atoms with van der Waals surface area (Å²) in [5, 5.41) is 6.23. The second kappa shape index (κ2) is 5.38. The molecule has 20 heavy (non-hydrogen) atoms. The highest BCUT2D eigenvalue weighted by molar-refractivity contribution is 6.29. The molecule has 0 spiro atoms. The highest BCUT2D eigenvalue weighted by Gasteiger charge is 2.19. The van der Waals surface area contributed by atoms with E-state index in [1.807, 2.05) is 6.07 Å². The third kappa shape index (κ3) is 2.53. The Hall–Kier alpha value is -2.27. The lowest BCUT2D eigenvalue weighted by atomic mass is 10.1. The molecule has 102 valence electrons. The van der Waals surface area contributed by atoms with Crippen molar-refractivity contribution in [2.24, 2.45) is 0 Å². The Morgan fingerprint density at radius 2 is 2.15 bits per heavy atom. The van der Waals surface area contributed by atoms with Crippen molar-refractivity contribution in [3.05, 3.63) is 47.1 Å². The van der Waals surface area contributed by atoms with Crippen LogP contribution in [0.25, 0.3) is 0 Å². The number of halogens is 1. The van der Waals surface area contributed by atoms with Gasteiger partial charge in [-0.3, -0.25) is 4.79 Å². The molecule has 0 atom stereocenters. The van der Waals surface area contributed by atoms with Crippen LogP contribution in [0.5, 0.6) is 5.75 Å². The number of ether oxygens (including phenoxy) is 1. The standard InChI is InChI=1S/C14H12ClN3O2/c15-11-5-2-6-12(17-11)18-14(19)9-3-1-4-10-13(9)20-8-7-16-10/h1-6,16H,7-8H2,(H,17,18,19). The number of nitrogens with zero attached hydrogens (tertiary/aromatic N) is 1. The van der Waals surface area contributed by atoms with Crippen molar-refractivity contribution < 1.29 is 9.53 Å². The van der Waals surface area contributed by atoms with Crippen LogP contribution in [-0.2, 0) is 0 Å². The van der Waals surface area contributed by atoms with Crippen molar-refractivity contribution in [2.75, 3.05) is 23.8 Å². The summed E-state index contributed by atoms with van der Waals surface area (Å²) in [6.07, 6.45) is 0. The number of carbonyl (C=O) groups is 1. The molecule has 0 fully saturated rings. The van der Waals surface area contributed by atoms with E-state index in [-0.39, 0.29) is 5.91 Å². The summed E-state index contributed by atoms with van der Waals surface area (Å²) >= 11 is 5.79. The number of aromatic nitrogens is 1. The van der Waals surface area contributed by atoms with Gasteiger partial charge in [0, 0.05) is 6.54 Å². The van der Waals surface area contributed by atoms with E-state index in [1.54, 1.807) is 30.3 Å². The van der Waals surface area contributed by atoms with E-state index in [4.69, 9.17) is 16.3 Å². The number of para-hydroxylation sites is 1. The van der Waals surface area contributed by atoms with E-state index in [1.165, 1.54) is 0 Å². The van der Waals surface area contributed by atoms with Crippen molar-refractivity contribution in [3.8, 4) is 5.75 Å². The van der Waals surface area contributed by atoms with E-state index in [0.29, 0.717) is 28.9 Å². The van der Waals surface area contributed by atoms with Crippen LogP contribution < -0.4 is 15.4 Å². The second-order valence-electron chi connectivity index (χ2n) is 4.26. The fourth-order valence-corrected chi connectivity index (χ4v) is 2.17. The summed E-state index contributed by atoms with van der Waals surface area (Å²) in [6, 6.07) is 10.5. The van der Waals surface area contributed by atoms with Crippen LogP contribution in [0.2, 0.25) is 5.15 Å². The van der Waals surface area contributed by atoms with Crippen LogP contribution in [-0.4, -0.2) is 24.0 Å². The van der Waals surface area contributed by atoms with Crippen LogP contribution in [0.15, 0.2) is 36.4 Å². The smallest absolute Gasteiger partial charge is 0.260 e. The number of benzene rings is 1. The van der Waals surface area contributed by atoms with Gasteiger partial charge in [0.05, 0.1) is 11.3 Å². The highest BCUT2D eigenvalue weighted by Crippen LogP contribution is 2.31. The van der Waals surface area contributed by atoms with Gasteiger partial charge in [0.1, 0.15) is 17.6 Å². The van der Waals surface area contributed by atoms with Crippen molar-refractivity contribution in [3.63, 3.8) is 0 Å². The maximum atomic E-state index is 12.3. The summed E-state index contributed by atoms with van der Waals surface area (Å²) in [6.45, 7) is 1.26. The van der Waals surface area contributed by atoms with Gasteiger partial charge >= 0.3 is 0 Å². The minimum absolute atomic E-state index is 0.277. The fourth-order valence-electron chi connectivity index (χ4n) is 2.01. The van der Waals surface area contributed by atoms with Gasteiger partial charge in [0.2, 0.25) is 0 Å². The normalized spacial score (nSPS) is 12.8. The first-order chi connectivity index (χ1) is 9.74. The predicted octanol–water partition coefficient (Wildman–Crippen LogP) is 2.79. The molecule has 3 rings (SSSR count). The zero-order valence-electron chi connectivity index (χ0n) is 10.5. The SMILES string of the molecule is O=C(Nc1cccc(Cl)n1)c1cccc2c1OCCN2. The molecular formula is C14H12ClN3O2. The average Bonchev–Trinajstić information content (AvgIpc) is 2.46. The molecule has 2 N–H and O–H groups in total. The van der Waals surface area contributed by atoms with Crippen LogP contribution in [0, 0.1) is 0 Å². The Morgan fingerprint density at radius 3 is 3.00 bits per heavy atom.